The first-order valence-corrected chi connectivity index (χ1v) is 15.9. The predicted molar refractivity (Wildman–Crippen MR) is 189 cm³/mol. The molecule has 0 fully saturated rings. The minimum absolute atomic E-state index is 0.137. The van der Waals surface area contributed by atoms with Crippen molar-refractivity contribution in [2.75, 3.05) is 0 Å². The lowest BCUT2D eigenvalue weighted by atomic mass is 9.82. The summed E-state index contributed by atoms with van der Waals surface area (Å²) in [6.07, 6.45) is 14.7. The van der Waals surface area contributed by atoms with Gasteiger partial charge in [0.2, 0.25) is 0 Å². The van der Waals surface area contributed by atoms with E-state index < -0.39 is 0 Å². The molecule has 0 spiro atoms. The molecule has 7 heteroatoms. The second-order valence-corrected chi connectivity index (χ2v) is 12.7. The molecule has 0 bridgehead atoms. The lowest BCUT2D eigenvalue weighted by molar-refractivity contribution is 0.657. The van der Waals surface area contributed by atoms with E-state index in [4.69, 9.17) is 10.2 Å². The number of rotatable bonds is 5. The molecule has 1 aliphatic carbocycles. The van der Waals surface area contributed by atoms with Crippen molar-refractivity contribution < 1.29 is 0 Å². The molecule has 228 valence electrons. The quantitative estimate of drug-likeness (QED) is 0.191. The Bertz CT molecular complexity index is 2360. The van der Waals surface area contributed by atoms with Crippen LogP contribution in [0.15, 0.2) is 141 Å². The van der Waals surface area contributed by atoms with Crippen molar-refractivity contribution in [3.8, 4) is 61.3 Å². The molecule has 0 saturated heterocycles. The highest BCUT2D eigenvalue weighted by Crippen LogP contribution is 2.49. The molecule has 0 atom stereocenters. The fraction of sp³-hybridized carbons (Fsp3) is 0.0732. The minimum atomic E-state index is -0.137. The number of aromatic nitrogens is 7. The van der Waals surface area contributed by atoms with E-state index in [0.717, 1.165) is 61.2 Å². The highest BCUT2D eigenvalue weighted by Gasteiger charge is 2.35. The average Bonchev–Trinajstić information content (AvgIpc) is 3.69. The summed E-state index contributed by atoms with van der Waals surface area (Å²) < 4.78 is 0. The first-order valence-electron chi connectivity index (χ1n) is 15.9. The van der Waals surface area contributed by atoms with Gasteiger partial charge in [-0.15, -0.1) is 10.2 Å². The number of hydrogen-bond donors (Lipinski definition) is 0. The van der Waals surface area contributed by atoms with Crippen molar-refractivity contribution in [1.29, 1.82) is 0 Å². The van der Waals surface area contributed by atoms with E-state index in [9.17, 15) is 0 Å². The van der Waals surface area contributed by atoms with E-state index >= 15 is 0 Å². The highest BCUT2D eigenvalue weighted by molar-refractivity contribution is 6.01. The van der Waals surface area contributed by atoms with Gasteiger partial charge in [-0.25, -0.2) is 0 Å². The summed E-state index contributed by atoms with van der Waals surface area (Å²) in [4.78, 5) is 19.6. The van der Waals surface area contributed by atoms with Crippen LogP contribution in [0.4, 0.5) is 0 Å². The standard InChI is InChI=1S/C41H29N7/c1-41(2)37-10-4-3-9-35(37)36-12-11-32(19-38(36)41)48-46-39-33(30-17-28(22-44-24-30)26-7-5-15-42-20-26)13-14-34(40(39)47-48)31-18-29(23-45-25-31)27-8-6-16-43-21-27/h3-25H,1-2H3. The summed E-state index contributed by atoms with van der Waals surface area (Å²) in [5.74, 6) is 0. The van der Waals surface area contributed by atoms with Crippen LogP contribution in [0.1, 0.15) is 25.0 Å². The minimum Gasteiger partial charge on any atom is -0.264 e. The Morgan fingerprint density at radius 1 is 0.438 bits per heavy atom. The monoisotopic (exact) mass is 619 g/mol. The van der Waals surface area contributed by atoms with Crippen LogP contribution >= 0.6 is 0 Å². The summed E-state index contributed by atoms with van der Waals surface area (Å²) in [6.45, 7) is 4.57. The number of benzene rings is 3. The molecular formula is C41H29N7. The SMILES string of the molecule is CC1(C)c2ccccc2-c2ccc(-n3nc4c(-c5cncc(-c6cccnc6)c5)ccc(-c5cncc(-c6cccnc6)c5)c4n3)cc21. The molecule has 5 heterocycles. The first-order chi connectivity index (χ1) is 23.5. The molecule has 0 aliphatic heterocycles. The largest absolute Gasteiger partial charge is 0.264 e. The molecule has 0 amide bonds. The van der Waals surface area contributed by atoms with Gasteiger partial charge >= 0.3 is 0 Å². The van der Waals surface area contributed by atoms with Gasteiger partial charge in [-0.3, -0.25) is 19.9 Å². The Balaban J connectivity index is 1.23. The molecule has 0 unspecified atom stereocenters. The van der Waals surface area contributed by atoms with Crippen molar-refractivity contribution in [3.63, 3.8) is 0 Å². The van der Waals surface area contributed by atoms with Crippen LogP contribution < -0.4 is 0 Å². The van der Waals surface area contributed by atoms with Gasteiger partial charge in [-0.05, 0) is 58.7 Å². The maximum atomic E-state index is 5.19. The zero-order valence-electron chi connectivity index (χ0n) is 26.4. The molecular weight excluding hydrogens is 591 g/mol. The van der Waals surface area contributed by atoms with Crippen molar-refractivity contribution in [1.82, 2.24) is 34.9 Å². The summed E-state index contributed by atoms with van der Waals surface area (Å²) in [5.41, 5.74) is 15.3. The van der Waals surface area contributed by atoms with Gasteiger partial charge < -0.3 is 0 Å². The Hall–Kier alpha value is -6.34. The number of nitrogens with zero attached hydrogens (tertiary/aromatic N) is 7. The van der Waals surface area contributed by atoms with E-state index in [1.165, 1.54) is 22.3 Å². The summed E-state index contributed by atoms with van der Waals surface area (Å²) in [5, 5.41) is 10.4. The molecule has 0 radical (unpaired) electrons. The van der Waals surface area contributed by atoms with Crippen LogP contribution in [0.3, 0.4) is 0 Å². The van der Waals surface area contributed by atoms with E-state index in [0.29, 0.717) is 0 Å². The topological polar surface area (TPSA) is 82.3 Å². The number of hydrogen-bond acceptors (Lipinski definition) is 6. The summed E-state index contributed by atoms with van der Waals surface area (Å²) >= 11 is 0. The van der Waals surface area contributed by atoms with Gasteiger partial charge in [0, 0.05) is 99.5 Å². The molecule has 7 nitrogen and oxygen atoms in total. The van der Waals surface area contributed by atoms with E-state index in [1.807, 2.05) is 61.4 Å². The summed E-state index contributed by atoms with van der Waals surface area (Å²) in [7, 11) is 0. The molecule has 0 saturated carbocycles. The fourth-order valence-electron chi connectivity index (χ4n) is 6.95. The smallest absolute Gasteiger partial charge is 0.122 e. The Morgan fingerprint density at radius 2 is 0.958 bits per heavy atom. The van der Waals surface area contributed by atoms with Gasteiger partial charge in [0.05, 0.1) is 5.69 Å². The Labute approximate surface area is 277 Å². The van der Waals surface area contributed by atoms with Gasteiger partial charge in [-0.1, -0.05) is 68.4 Å². The van der Waals surface area contributed by atoms with Crippen LogP contribution in [0, 0.1) is 0 Å². The maximum Gasteiger partial charge on any atom is 0.122 e. The molecule has 3 aromatic carbocycles. The average molecular weight is 620 g/mol. The van der Waals surface area contributed by atoms with Crippen molar-refractivity contribution in [3.05, 3.63) is 152 Å². The Morgan fingerprint density at radius 3 is 1.54 bits per heavy atom. The van der Waals surface area contributed by atoms with E-state index in [-0.39, 0.29) is 5.41 Å². The third-order valence-electron chi connectivity index (χ3n) is 9.43. The van der Waals surface area contributed by atoms with Gasteiger partial charge in [0.1, 0.15) is 11.0 Å². The molecule has 0 N–H and O–H groups in total. The lowest BCUT2D eigenvalue weighted by Gasteiger charge is -2.21. The summed E-state index contributed by atoms with van der Waals surface area (Å²) in [6, 6.07) is 31.7. The third kappa shape index (κ3) is 4.51. The van der Waals surface area contributed by atoms with Crippen LogP contribution in [0.5, 0.6) is 0 Å². The number of fused-ring (bicyclic) bond motifs is 4. The third-order valence-corrected chi connectivity index (χ3v) is 9.43. The van der Waals surface area contributed by atoms with Crippen LogP contribution in [0.2, 0.25) is 0 Å². The second kappa shape index (κ2) is 10.9. The Kier molecular flexibility index (Phi) is 6.33. The van der Waals surface area contributed by atoms with Gasteiger partial charge in [0.25, 0.3) is 0 Å². The maximum absolute atomic E-state index is 5.19. The predicted octanol–water partition coefficient (Wildman–Crippen LogP) is 8.97. The fourth-order valence-corrected chi connectivity index (χ4v) is 6.95. The zero-order chi connectivity index (χ0) is 32.2. The van der Waals surface area contributed by atoms with Crippen LogP contribution in [-0.4, -0.2) is 34.9 Å². The second-order valence-electron chi connectivity index (χ2n) is 12.7. The first kappa shape index (κ1) is 27.9. The van der Waals surface area contributed by atoms with E-state index in [2.05, 4.69) is 101 Å². The molecule has 48 heavy (non-hydrogen) atoms. The van der Waals surface area contributed by atoms with E-state index in [1.54, 1.807) is 17.2 Å². The van der Waals surface area contributed by atoms with Gasteiger partial charge in [0.15, 0.2) is 0 Å². The molecule has 5 aromatic heterocycles. The molecule has 9 rings (SSSR count). The number of pyridine rings is 4. The molecule has 1 aliphatic rings. The zero-order valence-corrected chi connectivity index (χ0v) is 26.4. The van der Waals surface area contributed by atoms with Crippen molar-refractivity contribution in [2.24, 2.45) is 0 Å². The van der Waals surface area contributed by atoms with Crippen molar-refractivity contribution in [2.45, 2.75) is 19.3 Å². The van der Waals surface area contributed by atoms with Gasteiger partial charge in [-0.2, -0.15) is 4.80 Å². The van der Waals surface area contributed by atoms with Crippen LogP contribution in [0.25, 0.3) is 72.4 Å². The normalized spacial score (nSPS) is 13.0. The van der Waals surface area contributed by atoms with Crippen LogP contribution in [-0.2, 0) is 5.41 Å². The highest BCUT2D eigenvalue weighted by atomic mass is 15.5. The lowest BCUT2D eigenvalue weighted by Crippen LogP contribution is -2.15. The van der Waals surface area contributed by atoms with Crippen molar-refractivity contribution >= 4 is 11.0 Å². The molecule has 8 aromatic rings.